The molecule has 118 valence electrons. The first-order valence-electron chi connectivity index (χ1n) is 7.75. The molecule has 0 aromatic rings. The highest BCUT2D eigenvalue weighted by molar-refractivity contribution is 5.75. The molecule has 5 heteroatoms. The van der Waals surface area contributed by atoms with Gasteiger partial charge in [-0.25, -0.2) is 0 Å². The molecule has 1 N–H and O–H groups in total. The molecule has 1 aliphatic rings. The molecular weight excluding hydrogens is 256 g/mol. The fourth-order valence-electron chi connectivity index (χ4n) is 1.95. The molecule has 0 radical (unpaired) electrons. The fraction of sp³-hybridized carbons (Fsp3) is 0.933. The molecule has 0 aromatic heterocycles. The highest BCUT2D eigenvalue weighted by Crippen LogP contribution is 2.20. The minimum atomic E-state index is -0.170. The van der Waals surface area contributed by atoms with E-state index < -0.39 is 0 Å². The monoisotopic (exact) mass is 286 g/mol. The quantitative estimate of drug-likeness (QED) is 0.582. The van der Waals surface area contributed by atoms with E-state index in [0.29, 0.717) is 12.6 Å². The third-order valence-corrected chi connectivity index (χ3v) is 3.31. The van der Waals surface area contributed by atoms with Gasteiger partial charge in [0.1, 0.15) is 6.04 Å². The zero-order valence-electron chi connectivity index (χ0n) is 13.4. The third-order valence-electron chi connectivity index (χ3n) is 3.31. The molecule has 1 fully saturated rings. The Morgan fingerprint density at radius 2 is 2.05 bits per heavy atom. The Bertz CT molecular complexity index is 280. The van der Waals surface area contributed by atoms with Gasteiger partial charge in [-0.3, -0.25) is 4.79 Å². The van der Waals surface area contributed by atoms with E-state index in [1.807, 2.05) is 20.8 Å². The Kier molecular flexibility index (Phi) is 8.11. The molecule has 1 unspecified atom stereocenters. The van der Waals surface area contributed by atoms with Gasteiger partial charge < -0.3 is 19.7 Å². The predicted molar refractivity (Wildman–Crippen MR) is 79.8 cm³/mol. The van der Waals surface area contributed by atoms with E-state index >= 15 is 0 Å². The van der Waals surface area contributed by atoms with Crippen LogP contribution in [0.4, 0.5) is 0 Å². The fourth-order valence-corrected chi connectivity index (χ4v) is 1.95. The predicted octanol–water partition coefficient (Wildman–Crippen LogP) is 1.42. The summed E-state index contributed by atoms with van der Waals surface area (Å²) in [6.07, 6.45) is 3.40. The molecule has 5 nitrogen and oxygen atoms in total. The van der Waals surface area contributed by atoms with Crippen LogP contribution in [0.25, 0.3) is 0 Å². The van der Waals surface area contributed by atoms with Crippen LogP contribution in [-0.2, 0) is 14.3 Å². The SMILES string of the molecule is CCOC(=O)C(CCN(C)CCOC(C)C)NC1CC1. The van der Waals surface area contributed by atoms with Crippen LogP contribution < -0.4 is 5.32 Å². The van der Waals surface area contributed by atoms with Gasteiger partial charge in [-0.1, -0.05) is 0 Å². The number of ether oxygens (including phenoxy) is 2. The molecule has 0 spiro atoms. The smallest absolute Gasteiger partial charge is 0.323 e. The Hall–Kier alpha value is -0.650. The van der Waals surface area contributed by atoms with Crippen molar-refractivity contribution in [1.29, 1.82) is 0 Å². The van der Waals surface area contributed by atoms with Gasteiger partial charge >= 0.3 is 5.97 Å². The van der Waals surface area contributed by atoms with Crippen molar-refractivity contribution < 1.29 is 14.3 Å². The Balaban J connectivity index is 2.23. The van der Waals surface area contributed by atoms with E-state index in [1.54, 1.807) is 0 Å². The number of esters is 1. The van der Waals surface area contributed by atoms with Crippen molar-refractivity contribution in [2.45, 2.75) is 58.2 Å². The molecule has 0 saturated heterocycles. The standard InChI is InChI=1S/C15H30N2O3/c1-5-19-15(18)14(16-13-6-7-13)8-9-17(4)10-11-20-12(2)3/h12-14,16H,5-11H2,1-4H3. The average Bonchev–Trinajstić information content (AvgIpc) is 3.18. The number of hydrogen-bond donors (Lipinski definition) is 1. The maximum atomic E-state index is 11.9. The maximum Gasteiger partial charge on any atom is 0.323 e. The van der Waals surface area contributed by atoms with Crippen molar-refractivity contribution in [2.24, 2.45) is 0 Å². The molecule has 1 aliphatic carbocycles. The van der Waals surface area contributed by atoms with Crippen LogP contribution in [0, 0.1) is 0 Å². The Labute approximate surface area is 123 Å². The lowest BCUT2D eigenvalue weighted by Gasteiger charge is -2.22. The van der Waals surface area contributed by atoms with Crippen LogP contribution >= 0.6 is 0 Å². The summed E-state index contributed by atoms with van der Waals surface area (Å²) >= 11 is 0. The number of rotatable bonds is 11. The second kappa shape index (κ2) is 9.32. The van der Waals surface area contributed by atoms with Gasteiger partial charge in [-0.05, 0) is 53.6 Å². The van der Waals surface area contributed by atoms with Crippen molar-refractivity contribution in [2.75, 3.05) is 33.4 Å². The van der Waals surface area contributed by atoms with E-state index in [0.717, 1.165) is 26.1 Å². The van der Waals surface area contributed by atoms with Crippen molar-refractivity contribution >= 4 is 5.97 Å². The first-order valence-corrected chi connectivity index (χ1v) is 7.75. The number of nitrogens with zero attached hydrogens (tertiary/aromatic N) is 1. The largest absolute Gasteiger partial charge is 0.465 e. The van der Waals surface area contributed by atoms with Crippen LogP contribution in [0.2, 0.25) is 0 Å². The average molecular weight is 286 g/mol. The first kappa shape index (κ1) is 17.4. The van der Waals surface area contributed by atoms with Crippen molar-refractivity contribution in [3.8, 4) is 0 Å². The first-order chi connectivity index (χ1) is 9.52. The van der Waals surface area contributed by atoms with Crippen molar-refractivity contribution in [3.63, 3.8) is 0 Å². The molecule has 0 bridgehead atoms. The Morgan fingerprint density at radius 3 is 2.60 bits per heavy atom. The summed E-state index contributed by atoms with van der Waals surface area (Å²) < 4.78 is 10.7. The van der Waals surface area contributed by atoms with Crippen molar-refractivity contribution in [1.82, 2.24) is 10.2 Å². The van der Waals surface area contributed by atoms with Gasteiger partial charge in [0.2, 0.25) is 0 Å². The molecule has 0 aliphatic heterocycles. The minimum Gasteiger partial charge on any atom is -0.465 e. The molecule has 1 saturated carbocycles. The molecule has 0 amide bonds. The zero-order chi connectivity index (χ0) is 15.0. The zero-order valence-corrected chi connectivity index (χ0v) is 13.4. The number of hydrogen-bond acceptors (Lipinski definition) is 5. The molecule has 1 rings (SSSR count). The van der Waals surface area contributed by atoms with Crippen LogP contribution in [-0.4, -0.2) is 62.4 Å². The summed E-state index contributed by atoms with van der Waals surface area (Å²) in [6.45, 7) is 8.85. The van der Waals surface area contributed by atoms with Crippen LogP contribution in [0.1, 0.15) is 40.0 Å². The molecule has 0 heterocycles. The van der Waals surface area contributed by atoms with Gasteiger partial charge in [0.25, 0.3) is 0 Å². The van der Waals surface area contributed by atoms with Gasteiger partial charge in [-0.2, -0.15) is 0 Å². The molecule has 0 aromatic carbocycles. The molecule has 20 heavy (non-hydrogen) atoms. The summed E-state index contributed by atoms with van der Waals surface area (Å²) in [4.78, 5) is 14.1. The van der Waals surface area contributed by atoms with E-state index in [-0.39, 0.29) is 18.1 Å². The highest BCUT2D eigenvalue weighted by Gasteiger charge is 2.29. The second-order valence-electron chi connectivity index (χ2n) is 5.76. The van der Waals surface area contributed by atoms with Crippen molar-refractivity contribution in [3.05, 3.63) is 0 Å². The molecule has 1 atom stereocenters. The minimum absolute atomic E-state index is 0.119. The van der Waals surface area contributed by atoms with E-state index in [2.05, 4.69) is 17.3 Å². The third kappa shape index (κ3) is 7.82. The lowest BCUT2D eigenvalue weighted by atomic mass is 10.2. The topological polar surface area (TPSA) is 50.8 Å². The van der Waals surface area contributed by atoms with Gasteiger partial charge in [-0.15, -0.1) is 0 Å². The summed E-state index contributed by atoms with van der Waals surface area (Å²) in [6, 6.07) is 0.343. The van der Waals surface area contributed by atoms with Crippen LogP contribution in [0.15, 0.2) is 0 Å². The number of nitrogens with one attached hydrogen (secondary N) is 1. The van der Waals surface area contributed by atoms with Crippen LogP contribution in [0.5, 0.6) is 0 Å². The van der Waals surface area contributed by atoms with E-state index in [4.69, 9.17) is 9.47 Å². The second-order valence-corrected chi connectivity index (χ2v) is 5.76. The maximum absolute atomic E-state index is 11.9. The Morgan fingerprint density at radius 1 is 1.35 bits per heavy atom. The summed E-state index contributed by atoms with van der Waals surface area (Å²) in [5, 5.41) is 3.37. The highest BCUT2D eigenvalue weighted by atomic mass is 16.5. The lowest BCUT2D eigenvalue weighted by Crippen LogP contribution is -2.42. The van der Waals surface area contributed by atoms with E-state index in [1.165, 1.54) is 12.8 Å². The van der Waals surface area contributed by atoms with Gasteiger partial charge in [0, 0.05) is 12.6 Å². The summed E-state index contributed by atoms with van der Waals surface area (Å²) in [5.41, 5.74) is 0. The molecular formula is C15H30N2O3. The van der Waals surface area contributed by atoms with Crippen LogP contribution in [0.3, 0.4) is 0 Å². The number of likely N-dealkylation sites (N-methyl/N-ethyl adjacent to an activating group) is 1. The van der Waals surface area contributed by atoms with Gasteiger partial charge in [0.05, 0.1) is 19.3 Å². The number of carbonyl (C=O) groups is 1. The number of carbonyl (C=O) groups excluding carboxylic acids is 1. The normalized spacial score (nSPS) is 16.7. The van der Waals surface area contributed by atoms with Gasteiger partial charge in [0.15, 0.2) is 0 Å². The van der Waals surface area contributed by atoms with E-state index in [9.17, 15) is 4.79 Å². The summed E-state index contributed by atoms with van der Waals surface area (Å²) in [5.74, 6) is -0.119. The summed E-state index contributed by atoms with van der Waals surface area (Å²) in [7, 11) is 2.06. The lowest BCUT2D eigenvalue weighted by molar-refractivity contribution is -0.146.